The van der Waals surface area contributed by atoms with Crippen LogP contribution in [0.25, 0.3) is 10.9 Å². The van der Waals surface area contributed by atoms with Gasteiger partial charge in [0.25, 0.3) is 0 Å². The average Bonchev–Trinajstić information content (AvgIpc) is 3.33. The Bertz CT molecular complexity index is 784. The van der Waals surface area contributed by atoms with Crippen molar-refractivity contribution in [2.24, 2.45) is 0 Å². The van der Waals surface area contributed by atoms with E-state index in [-0.39, 0.29) is 5.97 Å². The van der Waals surface area contributed by atoms with Crippen molar-refractivity contribution in [2.75, 3.05) is 39.1 Å². The summed E-state index contributed by atoms with van der Waals surface area (Å²) in [5.41, 5.74) is 6.38. The smallest absolute Gasteiger partial charge is 0.341 e. The lowest BCUT2D eigenvalue weighted by Gasteiger charge is -2.15. The lowest BCUT2D eigenvalue weighted by molar-refractivity contribution is 0.0527. The van der Waals surface area contributed by atoms with Crippen LogP contribution in [0.1, 0.15) is 40.4 Å². The Labute approximate surface area is 143 Å². The zero-order valence-electron chi connectivity index (χ0n) is 14.9. The quantitative estimate of drug-likeness (QED) is 0.534. The number of fused-ring (bicyclic) bond motifs is 3. The zero-order valence-corrected chi connectivity index (χ0v) is 14.9. The second-order valence-corrected chi connectivity index (χ2v) is 6.57. The highest BCUT2D eigenvalue weighted by Gasteiger charge is 2.26. The van der Waals surface area contributed by atoms with E-state index in [1.54, 1.807) is 6.20 Å². The SMILES string of the molecule is CCOC(=O)c1cnc2c3c(c(C)cc2c1NCCCN(C)C)C3. The summed E-state index contributed by atoms with van der Waals surface area (Å²) >= 11 is 0. The highest BCUT2D eigenvalue weighted by molar-refractivity contribution is 6.07. The Morgan fingerprint density at radius 2 is 2.17 bits per heavy atom. The van der Waals surface area contributed by atoms with Crippen LogP contribution < -0.4 is 5.32 Å². The molecule has 3 rings (SSSR count). The topological polar surface area (TPSA) is 54.5 Å². The minimum Gasteiger partial charge on any atom is -0.462 e. The van der Waals surface area contributed by atoms with Crippen LogP contribution in [0.4, 0.5) is 5.69 Å². The van der Waals surface area contributed by atoms with E-state index < -0.39 is 0 Å². The number of carbonyl (C=O) groups excluding carboxylic acids is 1. The van der Waals surface area contributed by atoms with E-state index in [9.17, 15) is 4.79 Å². The summed E-state index contributed by atoms with van der Waals surface area (Å²) in [6, 6.07) is 2.14. The zero-order chi connectivity index (χ0) is 17.3. The number of rotatable bonds is 7. The second-order valence-electron chi connectivity index (χ2n) is 6.57. The molecule has 1 N–H and O–H groups in total. The van der Waals surface area contributed by atoms with Crippen LogP contribution in [-0.2, 0) is 11.2 Å². The van der Waals surface area contributed by atoms with Crippen LogP contribution in [0, 0.1) is 6.92 Å². The van der Waals surface area contributed by atoms with Gasteiger partial charge in [0.2, 0.25) is 0 Å². The van der Waals surface area contributed by atoms with Gasteiger partial charge in [-0.25, -0.2) is 4.79 Å². The number of benzene rings is 1. The first-order valence-corrected chi connectivity index (χ1v) is 8.52. The molecular weight excluding hydrogens is 302 g/mol. The molecule has 0 atom stereocenters. The maximum Gasteiger partial charge on any atom is 0.341 e. The van der Waals surface area contributed by atoms with Gasteiger partial charge in [-0.1, -0.05) is 0 Å². The molecule has 5 nitrogen and oxygen atoms in total. The fraction of sp³-hybridized carbons (Fsp3) is 0.474. The van der Waals surface area contributed by atoms with Crippen molar-refractivity contribution in [3.8, 4) is 0 Å². The Kier molecular flexibility index (Phi) is 4.71. The van der Waals surface area contributed by atoms with Crippen molar-refractivity contribution in [3.63, 3.8) is 0 Å². The lowest BCUT2D eigenvalue weighted by Crippen LogP contribution is -2.17. The van der Waals surface area contributed by atoms with Crippen molar-refractivity contribution in [2.45, 2.75) is 26.7 Å². The van der Waals surface area contributed by atoms with E-state index in [0.29, 0.717) is 12.2 Å². The van der Waals surface area contributed by atoms with Crippen LogP contribution in [0.2, 0.25) is 0 Å². The molecule has 0 saturated heterocycles. The van der Waals surface area contributed by atoms with Gasteiger partial charge >= 0.3 is 5.97 Å². The molecule has 0 radical (unpaired) electrons. The average molecular weight is 327 g/mol. The molecule has 1 heterocycles. The number of aryl methyl sites for hydroxylation is 1. The number of ether oxygens (including phenoxy) is 1. The molecule has 128 valence electrons. The maximum absolute atomic E-state index is 12.3. The first-order valence-electron chi connectivity index (χ1n) is 8.52. The van der Waals surface area contributed by atoms with Gasteiger partial charge < -0.3 is 15.0 Å². The Morgan fingerprint density at radius 1 is 1.38 bits per heavy atom. The van der Waals surface area contributed by atoms with Gasteiger partial charge in [-0.15, -0.1) is 0 Å². The van der Waals surface area contributed by atoms with E-state index in [2.05, 4.69) is 42.3 Å². The normalized spacial score (nSPS) is 12.4. The van der Waals surface area contributed by atoms with Crippen LogP contribution >= 0.6 is 0 Å². The third-order valence-corrected chi connectivity index (χ3v) is 4.41. The first kappa shape index (κ1) is 16.7. The number of esters is 1. The highest BCUT2D eigenvalue weighted by Crippen LogP contribution is 2.40. The monoisotopic (exact) mass is 327 g/mol. The van der Waals surface area contributed by atoms with Gasteiger partial charge in [-0.3, -0.25) is 4.98 Å². The predicted molar refractivity (Wildman–Crippen MR) is 96.9 cm³/mol. The van der Waals surface area contributed by atoms with Gasteiger partial charge in [-0.05, 0) is 63.7 Å². The molecule has 1 aromatic carbocycles. The summed E-state index contributed by atoms with van der Waals surface area (Å²) < 4.78 is 5.21. The minimum absolute atomic E-state index is 0.315. The summed E-state index contributed by atoms with van der Waals surface area (Å²) in [7, 11) is 4.12. The molecule has 0 unspecified atom stereocenters. The van der Waals surface area contributed by atoms with Crippen LogP contribution in [0.5, 0.6) is 0 Å². The van der Waals surface area contributed by atoms with Crippen LogP contribution in [-0.4, -0.2) is 49.6 Å². The maximum atomic E-state index is 12.3. The number of carbonyl (C=O) groups is 1. The standard InChI is InChI=1S/C19H25N3O2/c1-5-24-19(23)16-11-21-17-14-10-13(14)12(2)9-15(17)18(16)20-7-6-8-22(3)4/h9,11H,5-8,10H2,1-4H3,(H,20,21). The van der Waals surface area contributed by atoms with Crippen molar-refractivity contribution < 1.29 is 9.53 Å². The van der Waals surface area contributed by atoms with E-state index in [1.807, 2.05) is 6.92 Å². The summed E-state index contributed by atoms with van der Waals surface area (Å²) in [4.78, 5) is 19.0. The number of nitrogens with one attached hydrogen (secondary N) is 1. The van der Waals surface area contributed by atoms with Crippen molar-refractivity contribution >= 4 is 22.6 Å². The number of anilines is 1. The van der Waals surface area contributed by atoms with Crippen molar-refractivity contribution in [1.29, 1.82) is 0 Å². The fourth-order valence-electron chi connectivity index (χ4n) is 3.11. The van der Waals surface area contributed by atoms with E-state index >= 15 is 0 Å². The third kappa shape index (κ3) is 3.22. The van der Waals surface area contributed by atoms with Crippen molar-refractivity contribution in [1.82, 2.24) is 9.88 Å². The Morgan fingerprint density at radius 3 is 2.88 bits per heavy atom. The summed E-state index contributed by atoms with van der Waals surface area (Å²) in [5.74, 6) is -0.315. The van der Waals surface area contributed by atoms with Crippen LogP contribution in [0.15, 0.2) is 12.3 Å². The molecule has 0 bridgehead atoms. The number of hydrogen-bond donors (Lipinski definition) is 1. The van der Waals surface area contributed by atoms with E-state index in [0.717, 1.165) is 42.5 Å². The van der Waals surface area contributed by atoms with Gasteiger partial charge in [0.1, 0.15) is 5.56 Å². The fourth-order valence-corrected chi connectivity index (χ4v) is 3.11. The molecular formula is C19H25N3O2. The molecule has 0 aliphatic heterocycles. The number of aromatic nitrogens is 1. The van der Waals surface area contributed by atoms with Gasteiger partial charge in [0.05, 0.1) is 17.8 Å². The number of nitrogens with zero attached hydrogens (tertiary/aromatic N) is 2. The molecule has 1 aliphatic rings. The molecule has 24 heavy (non-hydrogen) atoms. The molecule has 0 fully saturated rings. The first-order chi connectivity index (χ1) is 11.5. The molecule has 0 spiro atoms. The van der Waals surface area contributed by atoms with Gasteiger partial charge in [0.15, 0.2) is 0 Å². The minimum atomic E-state index is -0.315. The molecule has 0 saturated carbocycles. The molecule has 1 aliphatic carbocycles. The Balaban J connectivity index is 1.97. The molecule has 2 aromatic rings. The highest BCUT2D eigenvalue weighted by atomic mass is 16.5. The van der Waals surface area contributed by atoms with Gasteiger partial charge in [-0.2, -0.15) is 0 Å². The number of pyridine rings is 1. The van der Waals surface area contributed by atoms with Gasteiger partial charge in [0, 0.05) is 24.5 Å². The van der Waals surface area contributed by atoms with Crippen LogP contribution in [0.3, 0.4) is 0 Å². The van der Waals surface area contributed by atoms with Crippen molar-refractivity contribution in [3.05, 3.63) is 34.5 Å². The predicted octanol–water partition coefficient (Wildman–Crippen LogP) is 2.99. The summed E-state index contributed by atoms with van der Waals surface area (Å²) in [6.07, 6.45) is 3.67. The lowest BCUT2D eigenvalue weighted by atomic mass is 10.1. The Hall–Kier alpha value is -2.14. The largest absolute Gasteiger partial charge is 0.462 e. The molecule has 0 amide bonds. The summed E-state index contributed by atoms with van der Waals surface area (Å²) in [5, 5.41) is 4.49. The van der Waals surface area contributed by atoms with E-state index in [1.165, 1.54) is 16.7 Å². The molecule has 1 aromatic heterocycles. The number of hydrogen-bond acceptors (Lipinski definition) is 5. The van der Waals surface area contributed by atoms with E-state index in [4.69, 9.17) is 4.74 Å². The summed E-state index contributed by atoms with van der Waals surface area (Å²) in [6.45, 7) is 6.11. The second kappa shape index (κ2) is 6.77. The third-order valence-electron chi connectivity index (χ3n) is 4.41. The molecule has 5 heteroatoms.